The van der Waals surface area contributed by atoms with Crippen LogP contribution in [0, 0.1) is 12.8 Å². The van der Waals surface area contributed by atoms with Crippen molar-refractivity contribution in [2.24, 2.45) is 5.92 Å². The predicted molar refractivity (Wildman–Crippen MR) is 101 cm³/mol. The van der Waals surface area contributed by atoms with Gasteiger partial charge in [-0.3, -0.25) is 9.59 Å². The minimum absolute atomic E-state index is 0.196. The van der Waals surface area contributed by atoms with E-state index in [1.54, 1.807) is 11.0 Å². The van der Waals surface area contributed by atoms with E-state index in [-0.39, 0.29) is 18.6 Å². The van der Waals surface area contributed by atoms with Crippen LogP contribution in [0.5, 0.6) is 11.5 Å². The second-order valence-corrected chi connectivity index (χ2v) is 7.08. The van der Waals surface area contributed by atoms with E-state index in [0.29, 0.717) is 36.0 Å². The summed E-state index contributed by atoms with van der Waals surface area (Å²) in [4.78, 5) is 26.8. The maximum Gasteiger partial charge on any atom is 0.239 e. The number of rotatable bonds is 4. The number of aryl methyl sites for hydroxylation is 1. The summed E-state index contributed by atoms with van der Waals surface area (Å²) in [5.74, 6) is 0.222. The van der Waals surface area contributed by atoms with Crippen molar-refractivity contribution in [1.29, 1.82) is 0 Å². The van der Waals surface area contributed by atoms with Crippen molar-refractivity contribution in [1.82, 2.24) is 5.32 Å². The molecule has 1 atom stereocenters. The van der Waals surface area contributed by atoms with Gasteiger partial charge in [-0.1, -0.05) is 23.7 Å². The SMILES string of the molecule is Cc1ccc(N2CC[C@@H](C(=O)NCc3ccc4c(c3)OCO4)C2=O)cc1Cl. The number of anilines is 1. The van der Waals surface area contributed by atoms with E-state index in [4.69, 9.17) is 21.1 Å². The molecule has 2 aliphatic rings. The van der Waals surface area contributed by atoms with Gasteiger partial charge in [0.2, 0.25) is 18.6 Å². The highest BCUT2D eigenvalue weighted by atomic mass is 35.5. The molecule has 2 heterocycles. The average molecular weight is 387 g/mol. The molecule has 140 valence electrons. The molecule has 2 amide bonds. The number of amides is 2. The van der Waals surface area contributed by atoms with Gasteiger partial charge >= 0.3 is 0 Å². The summed E-state index contributed by atoms with van der Waals surface area (Å²) < 4.78 is 10.6. The molecule has 7 heteroatoms. The monoisotopic (exact) mass is 386 g/mol. The second-order valence-electron chi connectivity index (χ2n) is 6.67. The minimum Gasteiger partial charge on any atom is -0.454 e. The molecule has 0 spiro atoms. The van der Waals surface area contributed by atoms with Crippen molar-refractivity contribution in [3.8, 4) is 11.5 Å². The molecule has 0 aromatic heterocycles. The zero-order valence-corrected chi connectivity index (χ0v) is 15.6. The van der Waals surface area contributed by atoms with Gasteiger partial charge in [-0.25, -0.2) is 0 Å². The summed E-state index contributed by atoms with van der Waals surface area (Å²) >= 11 is 6.16. The van der Waals surface area contributed by atoms with Crippen molar-refractivity contribution < 1.29 is 19.1 Å². The number of ether oxygens (including phenoxy) is 2. The second kappa shape index (κ2) is 7.12. The van der Waals surface area contributed by atoms with E-state index in [1.165, 1.54) is 0 Å². The Balaban J connectivity index is 1.39. The number of hydrogen-bond donors (Lipinski definition) is 1. The molecule has 27 heavy (non-hydrogen) atoms. The van der Waals surface area contributed by atoms with E-state index in [1.807, 2.05) is 37.3 Å². The van der Waals surface area contributed by atoms with E-state index < -0.39 is 5.92 Å². The van der Waals surface area contributed by atoms with Crippen LogP contribution in [0.2, 0.25) is 5.02 Å². The van der Waals surface area contributed by atoms with E-state index in [2.05, 4.69) is 5.32 Å². The number of fused-ring (bicyclic) bond motifs is 1. The Labute approximate surface area is 162 Å². The molecule has 4 rings (SSSR count). The zero-order valence-electron chi connectivity index (χ0n) is 14.8. The minimum atomic E-state index is -0.681. The summed E-state index contributed by atoms with van der Waals surface area (Å²) in [6.45, 7) is 2.95. The first kappa shape index (κ1) is 17.7. The third-order valence-corrected chi connectivity index (χ3v) is 5.30. The first-order valence-corrected chi connectivity index (χ1v) is 9.14. The Kier molecular flexibility index (Phi) is 4.66. The van der Waals surface area contributed by atoms with Gasteiger partial charge in [-0.15, -0.1) is 0 Å². The van der Waals surface area contributed by atoms with Crippen LogP contribution >= 0.6 is 11.6 Å². The molecule has 1 saturated heterocycles. The standard InChI is InChI=1S/C20H19ClN2O4/c1-12-2-4-14(9-16(12)21)23-7-6-15(20(23)25)19(24)22-10-13-3-5-17-18(8-13)27-11-26-17/h2-5,8-9,15H,6-7,10-11H2,1H3,(H,22,24)/t15-/m0/s1. The topological polar surface area (TPSA) is 67.9 Å². The molecule has 2 aromatic carbocycles. The zero-order chi connectivity index (χ0) is 19.0. The lowest BCUT2D eigenvalue weighted by atomic mass is 10.1. The van der Waals surface area contributed by atoms with Gasteiger partial charge in [0.25, 0.3) is 0 Å². The molecule has 0 bridgehead atoms. The molecule has 1 fully saturated rings. The first-order chi connectivity index (χ1) is 13.0. The quantitative estimate of drug-likeness (QED) is 0.820. The molecule has 2 aliphatic heterocycles. The Morgan fingerprint density at radius 1 is 1.22 bits per heavy atom. The van der Waals surface area contributed by atoms with Gasteiger partial charge in [0, 0.05) is 23.8 Å². The Morgan fingerprint density at radius 3 is 2.85 bits per heavy atom. The van der Waals surface area contributed by atoms with Gasteiger partial charge in [0.15, 0.2) is 11.5 Å². The smallest absolute Gasteiger partial charge is 0.239 e. The van der Waals surface area contributed by atoms with Crippen LogP contribution < -0.4 is 19.7 Å². The molecule has 0 unspecified atom stereocenters. The van der Waals surface area contributed by atoms with Crippen molar-refractivity contribution in [2.75, 3.05) is 18.2 Å². The van der Waals surface area contributed by atoms with Gasteiger partial charge < -0.3 is 19.7 Å². The van der Waals surface area contributed by atoms with Crippen LogP contribution in [-0.4, -0.2) is 25.2 Å². The highest BCUT2D eigenvalue weighted by molar-refractivity contribution is 6.31. The van der Waals surface area contributed by atoms with Crippen LogP contribution in [0.25, 0.3) is 0 Å². The highest BCUT2D eigenvalue weighted by Crippen LogP contribution is 2.32. The van der Waals surface area contributed by atoms with E-state index in [0.717, 1.165) is 16.8 Å². The van der Waals surface area contributed by atoms with E-state index >= 15 is 0 Å². The molecule has 0 radical (unpaired) electrons. The van der Waals surface area contributed by atoms with Crippen LogP contribution in [0.1, 0.15) is 17.5 Å². The Morgan fingerprint density at radius 2 is 2.04 bits per heavy atom. The van der Waals surface area contributed by atoms with Crippen LogP contribution in [0.4, 0.5) is 5.69 Å². The van der Waals surface area contributed by atoms with Gasteiger partial charge in [-0.2, -0.15) is 0 Å². The fraction of sp³-hybridized carbons (Fsp3) is 0.300. The van der Waals surface area contributed by atoms with Crippen molar-refractivity contribution in [3.63, 3.8) is 0 Å². The Bertz CT molecular complexity index is 915. The summed E-state index contributed by atoms with van der Waals surface area (Å²) in [6.07, 6.45) is 0.483. The number of nitrogens with one attached hydrogen (secondary N) is 1. The van der Waals surface area contributed by atoms with Gasteiger partial charge in [0.05, 0.1) is 0 Å². The van der Waals surface area contributed by atoms with Crippen molar-refractivity contribution in [3.05, 3.63) is 52.5 Å². The predicted octanol–water partition coefficient (Wildman–Crippen LogP) is 3.05. The highest BCUT2D eigenvalue weighted by Gasteiger charge is 2.37. The lowest BCUT2D eigenvalue weighted by Crippen LogP contribution is -2.36. The summed E-state index contributed by atoms with van der Waals surface area (Å²) in [5, 5.41) is 3.45. The molecule has 6 nitrogen and oxygen atoms in total. The number of carbonyl (C=O) groups is 2. The fourth-order valence-electron chi connectivity index (χ4n) is 3.29. The lowest BCUT2D eigenvalue weighted by molar-refractivity contribution is -0.132. The van der Waals surface area contributed by atoms with Gasteiger partial charge in [-0.05, 0) is 48.7 Å². The number of benzene rings is 2. The lowest BCUT2D eigenvalue weighted by Gasteiger charge is -2.17. The maximum absolute atomic E-state index is 12.7. The number of hydrogen-bond acceptors (Lipinski definition) is 4. The Hall–Kier alpha value is -2.73. The fourth-order valence-corrected chi connectivity index (χ4v) is 3.47. The molecule has 1 N–H and O–H groups in total. The normalized spacial score (nSPS) is 18.1. The summed E-state index contributed by atoms with van der Waals surface area (Å²) in [5.41, 5.74) is 2.56. The molecular formula is C20H19ClN2O4. The molecule has 0 saturated carbocycles. The maximum atomic E-state index is 12.7. The summed E-state index contributed by atoms with van der Waals surface area (Å²) in [6, 6.07) is 11.0. The third kappa shape index (κ3) is 3.45. The van der Waals surface area contributed by atoms with Crippen LogP contribution in [0.3, 0.4) is 0 Å². The van der Waals surface area contributed by atoms with Crippen molar-refractivity contribution >= 4 is 29.1 Å². The number of carbonyl (C=O) groups excluding carboxylic acids is 2. The molecular weight excluding hydrogens is 368 g/mol. The third-order valence-electron chi connectivity index (χ3n) is 4.89. The first-order valence-electron chi connectivity index (χ1n) is 8.77. The van der Waals surface area contributed by atoms with E-state index in [9.17, 15) is 9.59 Å². The molecule has 2 aromatic rings. The largest absolute Gasteiger partial charge is 0.454 e. The molecule has 0 aliphatic carbocycles. The van der Waals surface area contributed by atoms with Crippen LogP contribution in [-0.2, 0) is 16.1 Å². The van der Waals surface area contributed by atoms with Crippen LogP contribution in [0.15, 0.2) is 36.4 Å². The number of halogens is 1. The summed E-state index contributed by atoms with van der Waals surface area (Å²) in [7, 11) is 0. The van der Waals surface area contributed by atoms with Gasteiger partial charge in [0.1, 0.15) is 5.92 Å². The average Bonchev–Trinajstić information content (AvgIpc) is 3.28. The van der Waals surface area contributed by atoms with Crippen molar-refractivity contribution in [2.45, 2.75) is 19.9 Å². The number of nitrogens with zero attached hydrogens (tertiary/aromatic N) is 1.